The molecule has 1 unspecified atom stereocenters. The van der Waals surface area contributed by atoms with Crippen LogP contribution in [0.25, 0.3) is 0 Å². The first-order valence-electron chi connectivity index (χ1n) is 6.41. The van der Waals surface area contributed by atoms with E-state index in [1.54, 1.807) is 30.3 Å². The van der Waals surface area contributed by atoms with Crippen LogP contribution in [-0.4, -0.2) is 29.7 Å². The number of nitrogens with zero attached hydrogens (tertiary/aromatic N) is 1. The maximum Gasteiger partial charge on any atom is 0.255 e. The van der Waals surface area contributed by atoms with E-state index in [1.807, 2.05) is 0 Å². The van der Waals surface area contributed by atoms with Crippen LogP contribution in [0.15, 0.2) is 42.7 Å². The fourth-order valence-electron chi connectivity index (χ4n) is 1.85. The number of anilines is 1. The van der Waals surface area contributed by atoms with Crippen molar-refractivity contribution in [1.29, 1.82) is 0 Å². The van der Waals surface area contributed by atoms with Crippen LogP contribution in [0.2, 0.25) is 0 Å². The van der Waals surface area contributed by atoms with Gasteiger partial charge >= 0.3 is 0 Å². The number of carbonyl (C=O) groups excluding carboxylic acids is 1. The number of pyridine rings is 1. The predicted octanol–water partition coefficient (Wildman–Crippen LogP) is 1.14. The minimum absolute atomic E-state index is 0.0915. The van der Waals surface area contributed by atoms with Crippen LogP contribution in [0.5, 0.6) is 5.75 Å². The van der Waals surface area contributed by atoms with Gasteiger partial charge in [0.05, 0.1) is 25.0 Å². The molecule has 0 aliphatic carbocycles. The SMILES string of the molecule is COc1cnccc1C(=O)NCC(O)c1ccc(N)cc1. The van der Waals surface area contributed by atoms with E-state index in [1.165, 1.54) is 19.5 Å². The normalized spacial score (nSPS) is 11.7. The van der Waals surface area contributed by atoms with E-state index in [2.05, 4.69) is 10.3 Å². The van der Waals surface area contributed by atoms with E-state index in [4.69, 9.17) is 10.5 Å². The lowest BCUT2D eigenvalue weighted by molar-refractivity contribution is 0.0913. The van der Waals surface area contributed by atoms with E-state index in [0.29, 0.717) is 22.6 Å². The highest BCUT2D eigenvalue weighted by Crippen LogP contribution is 2.17. The van der Waals surface area contributed by atoms with Gasteiger partial charge in [0.1, 0.15) is 5.75 Å². The Hall–Kier alpha value is -2.60. The average molecular weight is 287 g/mol. The van der Waals surface area contributed by atoms with E-state index in [0.717, 1.165) is 0 Å². The first-order valence-corrected chi connectivity index (χ1v) is 6.41. The molecule has 2 aromatic rings. The molecule has 4 N–H and O–H groups in total. The highest BCUT2D eigenvalue weighted by molar-refractivity contribution is 5.96. The minimum Gasteiger partial charge on any atom is -0.494 e. The minimum atomic E-state index is -0.803. The molecule has 1 aromatic carbocycles. The molecule has 6 nitrogen and oxygen atoms in total. The summed E-state index contributed by atoms with van der Waals surface area (Å²) in [7, 11) is 1.47. The molecule has 2 rings (SSSR count). The highest BCUT2D eigenvalue weighted by Gasteiger charge is 2.14. The molecule has 0 fully saturated rings. The highest BCUT2D eigenvalue weighted by atomic mass is 16.5. The Balaban J connectivity index is 1.99. The zero-order valence-electron chi connectivity index (χ0n) is 11.6. The number of methoxy groups -OCH3 is 1. The summed E-state index contributed by atoms with van der Waals surface area (Å²) in [5.41, 5.74) is 7.27. The molecule has 1 aromatic heterocycles. The van der Waals surface area contributed by atoms with Crippen LogP contribution < -0.4 is 15.8 Å². The summed E-state index contributed by atoms with van der Waals surface area (Å²) in [6.45, 7) is 0.0915. The topological polar surface area (TPSA) is 97.5 Å². The third kappa shape index (κ3) is 3.70. The standard InChI is InChI=1S/C15H17N3O3/c1-21-14-9-17-7-6-12(14)15(20)18-8-13(19)10-2-4-11(16)5-3-10/h2-7,9,13,19H,8,16H2,1H3,(H,18,20). The van der Waals surface area contributed by atoms with Crippen molar-refractivity contribution in [2.45, 2.75) is 6.10 Å². The van der Waals surface area contributed by atoms with Crippen LogP contribution in [0, 0.1) is 0 Å². The van der Waals surface area contributed by atoms with Crippen molar-refractivity contribution in [3.63, 3.8) is 0 Å². The van der Waals surface area contributed by atoms with Crippen molar-refractivity contribution < 1.29 is 14.6 Å². The lowest BCUT2D eigenvalue weighted by Gasteiger charge is -2.13. The number of aromatic nitrogens is 1. The third-order valence-corrected chi connectivity index (χ3v) is 3.03. The summed E-state index contributed by atoms with van der Waals surface area (Å²) in [6.07, 6.45) is 2.17. The quantitative estimate of drug-likeness (QED) is 0.716. The summed E-state index contributed by atoms with van der Waals surface area (Å²) in [6, 6.07) is 8.40. The molecule has 0 aliphatic heterocycles. The van der Waals surface area contributed by atoms with Crippen molar-refractivity contribution in [3.8, 4) is 5.75 Å². The van der Waals surface area contributed by atoms with Crippen LogP contribution in [0.1, 0.15) is 22.0 Å². The molecule has 0 bridgehead atoms. The molecule has 0 spiro atoms. The number of aliphatic hydroxyl groups excluding tert-OH is 1. The van der Waals surface area contributed by atoms with Crippen molar-refractivity contribution in [2.24, 2.45) is 0 Å². The Bertz CT molecular complexity index is 614. The Morgan fingerprint density at radius 3 is 2.76 bits per heavy atom. The molecule has 0 saturated carbocycles. The van der Waals surface area contributed by atoms with Crippen molar-refractivity contribution in [2.75, 3.05) is 19.4 Å². The van der Waals surface area contributed by atoms with E-state index in [-0.39, 0.29) is 12.5 Å². The van der Waals surface area contributed by atoms with Gasteiger partial charge in [-0.25, -0.2) is 0 Å². The van der Waals surface area contributed by atoms with Crippen LogP contribution in [0.4, 0.5) is 5.69 Å². The van der Waals surface area contributed by atoms with Gasteiger partial charge < -0.3 is 20.9 Å². The van der Waals surface area contributed by atoms with Gasteiger partial charge in [-0.15, -0.1) is 0 Å². The molecule has 21 heavy (non-hydrogen) atoms. The summed E-state index contributed by atoms with van der Waals surface area (Å²) >= 11 is 0. The number of rotatable bonds is 5. The van der Waals surface area contributed by atoms with Gasteiger partial charge in [-0.1, -0.05) is 12.1 Å². The number of carbonyl (C=O) groups is 1. The molecular formula is C15H17N3O3. The van der Waals surface area contributed by atoms with Gasteiger partial charge in [0, 0.05) is 18.4 Å². The van der Waals surface area contributed by atoms with Crippen LogP contribution >= 0.6 is 0 Å². The van der Waals surface area contributed by atoms with Gasteiger partial charge in [0.2, 0.25) is 0 Å². The summed E-state index contributed by atoms with van der Waals surface area (Å²) in [5.74, 6) is 0.0562. The molecule has 1 heterocycles. The van der Waals surface area contributed by atoms with Gasteiger partial charge in [-0.3, -0.25) is 9.78 Å². The van der Waals surface area contributed by atoms with Crippen molar-refractivity contribution in [3.05, 3.63) is 53.9 Å². The van der Waals surface area contributed by atoms with Crippen LogP contribution in [-0.2, 0) is 0 Å². The number of amides is 1. The third-order valence-electron chi connectivity index (χ3n) is 3.03. The summed E-state index contributed by atoms with van der Waals surface area (Å²) in [5, 5.41) is 12.7. The van der Waals surface area contributed by atoms with Gasteiger partial charge in [-0.05, 0) is 23.8 Å². The lowest BCUT2D eigenvalue weighted by atomic mass is 10.1. The zero-order valence-corrected chi connectivity index (χ0v) is 11.6. The molecule has 6 heteroatoms. The summed E-state index contributed by atoms with van der Waals surface area (Å²) in [4.78, 5) is 15.9. The monoisotopic (exact) mass is 287 g/mol. The van der Waals surface area contributed by atoms with E-state index < -0.39 is 6.10 Å². The number of nitrogens with two attached hydrogens (primary N) is 1. The predicted molar refractivity (Wildman–Crippen MR) is 78.9 cm³/mol. The Kier molecular flexibility index (Phi) is 4.73. The number of aliphatic hydroxyl groups is 1. The maximum atomic E-state index is 12.1. The molecule has 1 atom stereocenters. The molecular weight excluding hydrogens is 270 g/mol. The number of benzene rings is 1. The Morgan fingerprint density at radius 2 is 2.10 bits per heavy atom. The second-order valence-corrected chi connectivity index (χ2v) is 4.47. The fourth-order valence-corrected chi connectivity index (χ4v) is 1.85. The largest absolute Gasteiger partial charge is 0.494 e. The second kappa shape index (κ2) is 6.71. The summed E-state index contributed by atoms with van der Waals surface area (Å²) < 4.78 is 5.07. The van der Waals surface area contributed by atoms with E-state index in [9.17, 15) is 9.90 Å². The van der Waals surface area contributed by atoms with Crippen molar-refractivity contribution in [1.82, 2.24) is 10.3 Å². The molecule has 1 amide bonds. The van der Waals surface area contributed by atoms with Crippen molar-refractivity contribution >= 4 is 11.6 Å². The Labute approximate surface area is 122 Å². The zero-order chi connectivity index (χ0) is 15.2. The fraction of sp³-hybridized carbons (Fsp3) is 0.200. The lowest BCUT2D eigenvalue weighted by Crippen LogP contribution is -2.28. The first-order chi connectivity index (χ1) is 10.1. The number of hydrogen-bond acceptors (Lipinski definition) is 5. The molecule has 0 aliphatic rings. The first kappa shape index (κ1) is 14.8. The van der Waals surface area contributed by atoms with E-state index >= 15 is 0 Å². The molecule has 110 valence electrons. The maximum absolute atomic E-state index is 12.1. The average Bonchev–Trinajstić information content (AvgIpc) is 2.52. The molecule has 0 radical (unpaired) electrons. The number of ether oxygens (including phenoxy) is 1. The number of hydrogen-bond donors (Lipinski definition) is 3. The van der Waals surface area contributed by atoms with Gasteiger partial charge in [0.15, 0.2) is 0 Å². The molecule has 0 saturated heterocycles. The van der Waals surface area contributed by atoms with Crippen LogP contribution in [0.3, 0.4) is 0 Å². The number of nitrogen functional groups attached to an aromatic ring is 1. The van der Waals surface area contributed by atoms with Gasteiger partial charge in [-0.2, -0.15) is 0 Å². The number of nitrogens with one attached hydrogen (secondary N) is 1. The second-order valence-electron chi connectivity index (χ2n) is 4.47. The smallest absolute Gasteiger partial charge is 0.255 e. The van der Waals surface area contributed by atoms with Gasteiger partial charge in [0.25, 0.3) is 5.91 Å². The Morgan fingerprint density at radius 1 is 1.38 bits per heavy atom.